The average Bonchev–Trinajstić information content (AvgIpc) is 2.61. The Morgan fingerprint density at radius 3 is 2.58 bits per heavy atom. The van der Waals surface area contributed by atoms with Crippen molar-refractivity contribution in [2.24, 2.45) is 0 Å². The SMILES string of the molecule is COc1ccc(CCNC(=O)COc2ccc(C)nc2)cc1OC. The molecular formula is C18H22N2O4. The van der Waals surface area contributed by atoms with Crippen LogP contribution in [0.4, 0.5) is 0 Å². The van der Waals surface area contributed by atoms with E-state index in [1.807, 2.05) is 31.2 Å². The molecule has 0 atom stereocenters. The van der Waals surface area contributed by atoms with E-state index < -0.39 is 0 Å². The quantitative estimate of drug-likeness (QED) is 0.803. The first kappa shape index (κ1) is 17.6. The molecule has 24 heavy (non-hydrogen) atoms. The summed E-state index contributed by atoms with van der Waals surface area (Å²) in [5, 5.41) is 2.82. The van der Waals surface area contributed by atoms with Gasteiger partial charge in [-0.1, -0.05) is 6.07 Å². The maximum atomic E-state index is 11.8. The van der Waals surface area contributed by atoms with Crippen LogP contribution in [0.15, 0.2) is 36.5 Å². The van der Waals surface area contributed by atoms with Crippen molar-refractivity contribution in [2.75, 3.05) is 27.4 Å². The van der Waals surface area contributed by atoms with Crippen molar-refractivity contribution in [3.05, 3.63) is 47.8 Å². The molecular weight excluding hydrogens is 308 g/mol. The first-order valence-corrected chi connectivity index (χ1v) is 7.65. The van der Waals surface area contributed by atoms with E-state index in [4.69, 9.17) is 14.2 Å². The average molecular weight is 330 g/mol. The molecule has 128 valence electrons. The molecule has 0 fully saturated rings. The number of aryl methyl sites for hydroxylation is 1. The van der Waals surface area contributed by atoms with Gasteiger partial charge < -0.3 is 19.5 Å². The second-order valence-electron chi connectivity index (χ2n) is 5.21. The molecule has 0 saturated heterocycles. The van der Waals surface area contributed by atoms with E-state index in [0.717, 1.165) is 11.3 Å². The van der Waals surface area contributed by atoms with Crippen LogP contribution in [0.5, 0.6) is 17.2 Å². The van der Waals surface area contributed by atoms with Gasteiger partial charge in [-0.3, -0.25) is 9.78 Å². The molecule has 1 aromatic carbocycles. The highest BCUT2D eigenvalue weighted by Gasteiger charge is 2.06. The standard InChI is InChI=1S/C18H22N2O4/c1-13-4-6-15(11-20-13)24-12-18(21)19-9-8-14-5-7-16(22-2)17(10-14)23-3/h4-7,10-11H,8-9,12H2,1-3H3,(H,19,21). The lowest BCUT2D eigenvalue weighted by molar-refractivity contribution is -0.123. The summed E-state index contributed by atoms with van der Waals surface area (Å²) in [7, 11) is 3.20. The Morgan fingerprint density at radius 1 is 1.12 bits per heavy atom. The third-order valence-electron chi connectivity index (χ3n) is 3.44. The van der Waals surface area contributed by atoms with Crippen molar-refractivity contribution in [3.63, 3.8) is 0 Å². The van der Waals surface area contributed by atoms with Gasteiger partial charge >= 0.3 is 0 Å². The normalized spacial score (nSPS) is 10.1. The summed E-state index contributed by atoms with van der Waals surface area (Å²) in [6.07, 6.45) is 2.30. The van der Waals surface area contributed by atoms with Gasteiger partial charge in [0.15, 0.2) is 18.1 Å². The first-order valence-electron chi connectivity index (χ1n) is 7.65. The monoisotopic (exact) mass is 330 g/mol. The molecule has 1 aromatic heterocycles. The minimum absolute atomic E-state index is 0.0311. The van der Waals surface area contributed by atoms with Crippen LogP contribution in [0.1, 0.15) is 11.3 Å². The van der Waals surface area contributed by atoms with Crippen molar-refractivity contribution >= 4 is 5.91 Å². The third-order valence-corrected chi connectivity index (χ3v) is 3.44. The molecule has 0 aliphatic rings. The second kappa shape index (κ2) is 8.76. The summed E-state index contributed by atoms with van der Waals surface area (Å²) in [4.78, 5) is 15.9. The van der Waals surface area contributed by atoms with Crippen LogP contribution in [0.2, 0.25) is 0 Å². The number of carbonyl (C=O) groups is 1. The fourth-order valence-electron chi connectivity index (χ4n) is 2.12. The van der Waals surface area contributed by atoms with Gasteiger partial charge in [-0.2, -0.15) is 0 Å². The zero-order valence-electron chi connectivity index (χ0n) is 14.2. The molecule has 2 aromatic rings. The number of carbonyl (C=O) groups excluding carboxylic acids is 1. The minimum atomic E-state index is -0.170. The molecule has 0 aliphatic carbocycles. The van der Waals surface area contributed by atoms with E-state index in [2.05, 4.69) is 10.3 Å². The highest BCUT2D eigenvalue weighted by molar-refractivity contribution is 5.77. The number of amides is 1. The number of rotatable bonds is 8. The van der Waals surface area contributed by atoms with E-state index in [9.17, 15) is 4.79 Å². The van der Waals surface area contributed by atoms with Gasteiger partial charge in [0.1, 0.15) is 5.75 Å². The molecule has 6 heteroatoms. The zero-order chi connectivity index (χ0) is 17.4. The Labute approximate surface area is 141 Å². The van der Waals surface area contributed by atoms with Crippen molar-refractivity contribution in [2.45, 2.75) is 13.3 Å². The number of methoxy groups -OCH3 is 2. The molecule has 2 rings (SSSR count). The molecule has 0 saturated carbocycles. The minimum Gasteiger partial charge on any atom is -0.493 e. The van der Waals surface area contributed by atoms with Crippen molar-refractivity contribution in [1.82, 2.24) is 10.3 Å². The lowest BCUT2D eigenvalue weighted by atomic mass is 10.1. The molecule has 0 aliphatic heterocycles. The molecule has 0 radical (unpaired) electrons. The maximum absolute atomic E-state index is 11.8. The van der Waals surface area contributed by atoms with Gasteiger partial charge in [-0.15, -0.1) is 0 Å². The number of hydrogen-bond acceptors (Lipinski definition) is 5. The van der Waals surface area contributed by atoms with E-state index in [-0.39, 0.29) is 12.5 Å². The largest absolute Gasteiger partial charge is 0.493 e. The van der Waals surface area contributed by atoms with Gasteiger partial charge in [0, 0.05) is 12.2 Å². The predicted molar refractivity (Wildman–Crippen MR) is 90.7 cm³/mol. The number of hydrogen-bond donors (Lipinski definition) is 1. The number of ether oxygens (including phenoxy) is 3. The number of aromatic nitrogens is 1. The van der Waals surface area contributed by atoms with Crippen LogP contribution in [0.25, 0.3) is 0 Å². The van der Waals surface area contributed by atoms with Crippen LogP contribution in [0, 0.1) is 6.92 Å². The zero-order valence-corrected chi connectivity index (χ0v) is 14.2. The number of benzene rings is 1. The van der Waals surface area contributed by atoms with Gasteiger partial charge in [0.25, 0.3) is 5.91 Å². The Kier molecular flexibility index (Phi) is 6.42. The van der Waals surface area contributed by atoms with Crippen LogP contribution < -0.4 is 19.5 Å². The summed E-state index contributed by atoms with van der Waals surface area (Å²) in [6, 6.07) is 9.33. The lowest BCUT2D eigenvalue weighted by Crippen LogP contribution is -2.30. The summed E-state index contributed by atoms with van der Waals surface area (Å²) in [6.45, 7) is 2.38. The van der Waals surface area contributed by atoms with E-state index in [1.165, 1.54) is 0 Å². The number of nitrogens with one attached hydrogen (secondary N) is 1. The predicted octanol–water partition coefficient (Wildman–Crippen LogP) is 2.14. The van der Waals surface area contributed by atoms with Crippen molar-refractivity contribution in [1.29, 1.82) is 0 Å². The molecule has 1 N–H and O–H groups in total. The van der Waals surface area contributed by atoms with Crippen LogP contribution >= 0.6 is 0 Å². The Bertz CT molecular complexity index is 671. The van der Waals surface area contributed by atoms with Crippen molar-refractivity contribution < 1.29 is 19.0 Å². The van der Waals surface area contributed by atoms with Crippen molar-refractivity contribution in [3.8, 4) is 17.2 Å². The first-order chi connectivity index (χ1) is 11.6. The summed E-state index contributed by atoms with van der Waals surface area (Å²) < 4.78 is 15.8. The molecule has 1 amide bonds. The fourth-order valence-corrected chi connectivity index (χ4v) is 2.12. The fraction of sp³-hybridized carbons (Fsp3) is 0.333. The Balaban J connectivity index is 1.75. The highest BCUT2D eigenvalue weighted by Crippen LogP contribution is 2.27. The third kappa shape index (κ3) is 5.15. The van der Waals surface area contributed by atoms with Gasteiger partial charge in [-0.05, 0) is 43.2 Å². The summed E-state index contributed by atoms with van der Waals surface area (Å²) in [5.41, 5.74) is 1.96. The highest BCUT2D eigenvalue weighted by atomic mass is 16.5. The molecule has 0 unspecified atom stereocenters. The van der Waals surface area contributed by atoms with Gasteiger partial charge in [0.05, 0.1) is 20.4 Å². The van der Waals surface area contributed by atoms with Crippen LogP contribution in [-0.2, 0) is 11.2 Å². The van der Waals surface area contributed by atoms with Crippen LogP contribution in [0.3, 0.4) is 0 Å². The number of nitrogens with zero attached hydrogens (tertiary/aromatic N) is 1. The van der Waals surface area contributed by atoms with E-state index in [0.29, 0.717) is 30.2 Å². The topological polar surface area (TPSA) is 69.7 Å². The number of pyridine rings is 1. The molecule has 1 heterocycles. The van der Waals surface area contributed by atoms with Gasteiger partial charge in [0.2, 0.25) is 0 Å². The smallest absolute Gasteiger partial charge is 0.257 e. The van der Waals surface area contributed by atoms with Crippen LogP contribution in [-0.4, -0.2) is 38.3 Å². The molecule has 0 spiro atoms. The van der Waals surface area contributed by atoms with E-state index in [1.54, 1.807) is 26.5 Å². The Hall–Kier alpha value is -2.76. The maximum Gasteiger partial charge on any atom is 0.257 e. The Morgan fingerprint density at radius 2 is 1.92 bits per heavy atom. The summed E-state index contributed by atoms with van der Waals surface area (Å²) >= 11 is 0. The van der Waals surface area contributed by atoms with E-state index >= 15 is 0 Å². The molecule has 0 bridgehead atoms. The van der Waals surface area contributed by atoms with Gasteiger partial charge in [-0.25, -0.2) is 0 Å². The molecule has 6 nitrogen and oxygen atoms in total. The lowest BCUT2D eigenvalue weighted by Gasteiger charge is -2.10. The summed E-state index contributed by atoms with van der Waals surface area (Å²) in [5.74, 6) is 1.77. The second-order valence-corrected chi connectivity index (χ2v) is 5.21.